The van der Waals surface area contributed by atoms with Crippen LogP contribution < -0.4 is 20.6 Å². The van der Waals surface area contributed by atoms with Crippen molar-refractivity contribution >= 4 is 17.8 Å². The molecule has 19 heavy (non-hydrogen) atoms. The Hall–Kier alpha value is -2.50. The minimum Gasteiger partial charge on any atom is -0.493 e. The average molecular weight is 263 g/mol. The van der Waals surface area contributed by atoms with Crippen LogP contribution in [-0.2, 0) is 0 Å². The van der Waals surface area contributed by atoms with Crippen LogP contribution in [0.4, 0.5) is 4.79 Å². The SMILES string of the molecule is COc1ccc(C=CC(C)=NNC(N)=O)cc1OC. The molecule has 6 nitrogen and oxygen atoms in total. The van der Waals surface area contributed by atoms with Crippen LogP contribution in [0.5, 0.6) is 11.5 Å². The van der Waals surface area contributed by atoms with E-state index in [9.17, 15) is 4.79 Å². The Morgan fingerprint density at radius 2 is 2.00 bits per heavy atom. The number of nitrogens with two attached hydrogens (primary N) is 1. The molecule has 0 unspecified atom stereocenters. The Labute approximate surface area is 111 Å². The number of primary amides is 1. The fourth-order valence-electron chi connectivity index (χ4n) is 1.35. The minimum atomic E-state index is -0.695. The maximum Gasteiger partial charge on any atom is 0.332 e. The molecule has 0 bridgehead atoms. The molecular weight excluding hydrogens is 246 g/mol. The van der Waals surface area contributed by atoms with Crippen molar-refractivity contribution in [3.8, 4) is 11.5 Å². The molecule has 0 aliphatic heterocycles. The summed E-state index contributed by atoms with van der Waals surface area (Å²) in [5.41, 5.74) is 8.60. The number of benzene rings is 1. The number of hydrogen-bond acceptors (Lipinski definition) is 4. The smallest absolute Gasteiger partial charge is 0.332 e. The number of nitrogens with zero attached hydrogens (tertiary/aromatic N) is 1. The second-order valence-electron chi connectivity index (χ2n) is 3.68. The molecule has 0 fully saturated rings. The molecule has 3 N–H and O–H groups in total. The lowest BCUT2D eigenvalue weighted by molar-refractivity contribution is 0.249. The number of amides is 2. The standard InChI is InChI=1S/C13H17N3O3/c1-9(15-16-13(14)17)4-5-10-6-7-11(18-2)12(8-10)19-3/h4-8H,1-3H3,(H3,14,16,17). The number of rotatable bonds is 5. The van der Waals surface area contributed by atoms with Crippen LogP contribution in [0.3, 0.4) is 0 Å². The van der Waals surface area contributed by atoms with Gasteiger partial charge in [-0.15, -0.1) is 0 Å². The van der Waals surface area contributed by atoms with E-state index in [1.54, 1.807) is 27.2 Å². The minimum absolute atomic E-state index is 0.619. The first kappa shape index (κ1) is 14.6. The molecule has 0 aromatic heterocycles. The number of urea groups is 1. The van der Waals surface area contributed by atoms with E-state index in [1.165, 1.54) is 0 Å². The lowest BCUT2D eigenvalue weighted by Gasteiger charge is -2.07. The van der Waals surface area contributed by atoms with Crippen LogP contribution in [0.25, 0.3) is 6.08 Å². The molecule has 1 aromatic carbocycles. The van der Waals surface area contributed by atoms with E-state index < -0.39 is 6.03 Å². The van der Waals surface area contributed by atoms with Gasteiger partial charge in [0.1, 0.15) is 0 Å². The lowest BCUT2D eigenvalue weighted by atomic mass is 10.1. The van der Waals surface area contributed by atoms with Gasteiger partial charge < -0.3 is 15.2 Å². The summed E-state index contributed by atoms with van der Waals surface area (Å²) in [7, 11) is 3.16. The van der Waals surface area contributed by atoms with Gasteiger partial charge in [0.05, 0.1) is 19.9 Å². The Morgan fingerprint density at radius 3 is 2.58 bits per heavy atom. The van der Waals surface area contributed by atoms with Crippen molar-refractivity contribution in [3.05, 3.63) is 29.8 Å². The van der Waals surface area contributed by atoms with Gasteiger partial charge in [-0.2, -0.15) is 5.10 Å². The quantitative estimate of drug-likeness (QED) is 0.627. The summed E-state index contributed by atoms with van der Waals surface area (Å²) in [6.07, 6.45) is 3.58. The van der Waals surface area contributed by atoms with Gasteiger partial charge in [0.25, 0.3) is 0 Å². The van der Waals surface area contributed by atoms with Gasteiger partial charge in [-0.05, 0) is 30.7 Å². The molecule has 0 saturated carbocycles. The van der Waals surface area contributed by atoms with Gasteiger partial charge >= 0.3 is 6.03 Å². The number of allylic oxidation sites excluding steroid dienone is 1. The Morgan fingerprint density at radius 1 is 1.32 bits per heavy atom. The molecule has 0 spiro atoms. The second-order valence-corrected chi connectivity index (χ2v) is 3.68. The fourth-order valence-corrected chi connectivity index (χ4v) is 1.35. The number of methoxy groups -OCH3 is 2. The molecule has 1 rings (SSSR count). The maximum absolute atomic E-state index is 10.5. The van der Waals surface area contributed by atoms with E-state index in [-0.39, 0.29) is 0 Å². The third-order valence-electron chi connectivity index (χ3n) is 2.27. The number of ether oxygens (including phenoxy) is 2. The molecule has 0 saturated heterocycles. The summed E-state index contributed by atoms with van der Waals surface area (Å²) in [6.45, 7) is 1.74. The average Bonchev–Trinajstić information content (AvgIpc) is 2.42. The molecule has 0 atom stereocenters. The van der Waals surface area contributed by atoms with Gasteiger partial charge in [0, 0.05) is 0 Å². The normalized spacial score (nSPS) is 11.4. The van der Waals surface area contributed by atoms with Crippen LogP contribution in [-0.4, -0.2) is 26.0 Å². The molecule has 0 radical (unpaired) electrons. The monoisotopic (exact) mass is 263 g/mol. The van der Waals surface area contributed by atoms with Gasteiger partial charge in [-0.1, -0.05) is 12.1 Å². The first-order valence-electron chi connectivity index (χ1n) is 5.56. The van der Waals surface area contributed by atoms with Crippen molar-refractivity contribution in [1.82, 2.24) is 5.43 Å². The van der Waals surface area contributed by atoms with Gasteiger partial charge in [0.2, 0.25) is 0 Å². The van der Waals surface area contributed by atoms with E-state index in [1.807, 2.05) is 24.3 Å². The summed E-state index contributed by atoms with van der Waals surface area (Å²) in [4.78, 5) is 10.5. The highest BCUT2D eigenvalue weighted by atomic mass is 16.5. The molecule has 0 aliphatic carbocycles. The van der Waals surface area contributed by atoms with Crippen LogP contribution in [0, 0.1) is 0 Å². The Kier molecular flexibility index (Phi) is 5.40. The number of nitrogens with one attached hydrogen (secondary N) is 1. The summed E-state index contributed by atoms with van der Waals surface area (Å²) in [6, 6.07) is 4.84. The zero-order chi connectivity index (χ0) is 14.3. The lowest BCUT2D eigenvalue weighted by Crippen LogP contribution is -2.25. The van der Waals surface area contributed by atoms with E-state index in [0.29, 0.717) is 17.2 Å². The predicted octanol–water partition coefficient (Wildman–Crippen LogP) is 1.76. The van der Waals surface area contributed by atoms with Gasteiger partial charge in [0.15, 0.2) is 11.5 Å². The number of carbonyl (C=O) groups excluding carboxylic acids is 1. The highest BCUT2D eigenvalue weighted by molar-refractivity contribution is 5.96. The number of hydrogen-bond donors (Lipinski definition) is 2. The Bertz CT molecular complexity index is 510. The second kappa shape index (κ2) is 7.05. The van der Waals surface area contributed by atoms with Crippen molar-refractivity contribution in [3.63, 3.8) is 0 Å². The summed E-state index contributed by atoms with van der Waals surface area (Å²) in [5.74, 6) is 1.31. The number of hydrazone groups is 1. The summed E-state index contributed by atoms with van der Waals surface area (Å²) < 4.78 is 10.3. The third-order valence-corrected chi connectivity index (χ3v) is 2.27. The van der Waals surface area contributed by atoms with E-state index in [4.69, 9.17) is 15.2 Å². The van der Waals surface area contributed by atoms with Crippen molar-refractivity contribution in [2.75, 3.05) is 14.2 Å². The van der Waals surface area contributed by atoms with Crippen molar-refractivity contribution in [2.24, 2.45) is 10.8 Å². The molecule has 6 heteroatoms. The van der Waals surface area contributed by atoms with Crippen molar-refractivity contribution in [2.45, 2.75) is 6.92 Å². The molecule has 1 aromatic rings. The molecular formula is C13H17N3O3. The van der Waals surface area contributed by atoms with E-state index >= 15 is 0 Å². The molecule has 102 valence electrons. The zero-order valence-electron chi connectivity index (χ0n) is 11.1. The topological polar surface area (TPSA) is 85.9 Å². The third kappa shape index (κ3) is 4.71. The predicted molar refractivity (Wildman–Crippen MR) is 74.4 cm³/mol. The fraction of sp³-hybridized carbons (Fsp3) is 0.231. The zero-order valence-corrected chi connectivity index (χ0v) is 11.1. The van der Waals surface area contributed by atoms with Crippen molar-refractivity contribution < 1.29 is 14.3 Å². The van der Waals surface area contributed by atoms with Gasteiger partial charge in [-0.3, -0.25) is 0 Å². The van der Waals surface area contributed by atoms with Crippen LogP contribution in [0.15, 0.2) is 29.4 Å². The van der Waals surface area contributed by atoms with Gasteiger partial charge in [-0.25, -0.2) is 10.2 Å². The van der Waals surface area contributed by atoms with Crippen LogP contribution >= 0.6 is 0 Å². The first-order chi connectivity index (χ1) is 9.06. The summed E-state index contributed by atoms with van der Waals surface area (Å²) in [5, 5.41) is 3.76. The Balaban J connectivity index is 2.82. The molecule has 0 aliphatic rings. The van der Waals surface area contributed by atoms with E-state index in [2.05, 4.69) is 10.5 Å². The highest BCUT2D eigenvalue weighted by Gasteiger charge is 2.02. The molecule has 0 heterocycles. The van der Waals surface area contributed by atoms with E-state index in [0.717, 1.165) is 5.56 Å². The van der Waals surface area contributed by atoms with Crippen LogP contribution in [0.1, 0.15) is 12.5 Å². The van der Waals surface area contributed by atoms with Crippen molar-refractivity contribution in [1.29, 1.82) is 0 Å². The highest BCUT2D eigenvalue weighted by Crippen LogP contribution is 2.27. The molecule has 2 amide bonds. The summed E-state index contributed by atoms with van der Waals surface area (Å²) >= 11 is 0. The largest absolute Gasteiger partial charge is 0.493 e. The van der Waals surface area contributed by atoms with Crippen LogP contribution in [0.2, 0.25) is 0 Å². The maximum atomic E-state index is 10.5. The first-order valence-corrected chi connectivity index (χ1v) is 5.56. The number of carbonyl (C=O) groups is 1.